The maximum absolute atomic E-state index is 13.2. The molecule has 3 aromatic rings. The van der Waals surface area contributed by atoms with Crippen molar-refractivity contribution in [1.29, 1.82) is 0 Å². The minimum atomic E-state index is -0.249. The van der Waals surface area contributed by atoms with Gasteiger partial charge in [0.1, 0.15) is 0 Å². The third-order valence-electron chi connectivity index (χ3n) is 5.11. The number of fused-ring (bicyclic) bond motifs is 1. The van der Waals surface area contributed by atoms with Crippen LogP contribution in [0.2, 0.25) is 0 Å². The zero-order valence-electron chi connectivity index (χ0n) is 17.4. The zero-order chi connectivity index (χ0) is 21.6. The van der Waals surface area contributed by atoms with Gasteiger partial charge in [0.25, 0.3) is 5.91 Å². The minimum Gasteiger partial charge on any atom is -0.352 e. The second-order valence-electron chi connectivity index (χ2n) is 7.48. The molecule has 0 saturated carbocycles. The molecular formula is C26H24N2O2S. The lowest BCUT2D eigenvalue weighted by molar-refractivity contribution is -0.118. The van der Waals surface area contributed by atoms with Crippen LogP contribution < -0.4 is 10.2 Å². The maximum Gasteiger partial charge on any atom is 0.265 e. The van der Waals surface area contributed by atoms with E-state index < -0.39 is 0 Å². The first-order valence-corrected chi connectivity index (χ1v) is 11.1. The fourth-order valence-corrected chi connectivity index (χ4v) is 4.47. The first-order chi connectivity index (χ1) is 15.1. The SMILES string of the molecule is Cc1ccc(CN2C(=O)/C(=C/C(=O)NCCc3ccccc3)Sc3ccccc32)cc1. The van der Waals surface area contributed by atoms with Gasteiger partial charge < -0.3 is 10.2 Å². The molecule has 0 saturated heterocycles. The van der Waals surface area contributed by atoms with Gasteiger partial charge in [-0.05, 0) is 36.6 Å². The first kappa shape index (κ1) is 20.9. The highest BCUT2D eigenvalue weighted by atomic mass is 32.2. The van der Waals surface area contributed by atoms with Crippen LogP contribution in [0.1, 0.15) is 16.7 Å². The summed E-state index contributed by atoms with van der Waals surface area (Å²) in [6.45, 7) is 3.03. The summed E-state index contributed by atoms with van der Waals surface area (Å²) in [7, 11) is 0. The molecule has 1 aliphatic rings. The highest BCUT2D eigenvalue weighted by molar-refractivity contribution is 8.04. The van der Waals surface area contributed by atoms with Crippen LogP contribution in [0.3, 0.4) is 0 Å². The standard InChI is InChI=1S/C26H24N2O2S/c1-19-11-13-21(14-12-19)18-28-22-9-5-6-10-23(22)31-24(26(28)30)17-25(29)27-16-15-20-7-3-2-4-8-20/h2-14,17H,15-16,18H2,1H3,(H,27,29)/b24-17-. The topological polar surface area (TPSA) is 49.4 Å². The van der Waals surface area contributed by atoms with E-state index in [1.807, 2.05) is 85.8 Å². The number of hydrogen-bond acceptors (Lipinski definition) is 3. The molecule has 0 aromatic heterocycles. The zero-order valence-corrected chi connectivity index (χ0v) is 18.2. The molecule has 0 unspecified atom stereocenters. The van der Waals surface area contributed by atoms with Gasteiger partial charge in [0, 0.05) is 17.5 Å². The first-order valence-electron chi connectivity index (χ1n) is 10.3. The monoisotopic (exact) mass is 428 g/mol. The van der Waals surface area contributed by atoms with Crippen LogP contribution in [-0.2, 0) is 22.6 Å². The Kier molecular flexibility index (Phi) is 6.53. The van der Waals surface area contributed by atoms with E-state index >= 15 is 0 Å². The predicted molar refractivity (Wildman–Crippen MR) is 126 cm³/mol. The largest absolute Gasteiger partial charge is 0.352 e. The lowest BCUT2D eigenvalue weighted by atomic mass is 10.1. The van der Waals surface area contributed by atoms with Crippen LogP contribution in [-0.4, -0.2) is 18.4 Å². The van der Waals surface area contributed by atoms with Gasteiger partial charge in [-0.3, -0.25) is 9.59 Å². The predicted octanol–water partition coefficient (Wildman–Crippen LogP) is 4.88. The number of aryl methyl sites for hydroxylation is 1. The number of amides is 2. The van der Waals surface area contributed by atoms with Gasteiger partial charge in [0.05, 0.1) is 17.1 Å². The summed E-state index contributed by atoms with van der Waals surface area (Å²) in [5.41, 5.74) is 4.27. The van der Waals surface area contributed by atoms with Gasteiger partial charge in [-0.1, -0.05) is 84.1 Å². The number of benzene rings is 3. The summed E-state index contributed by atoms with van der Waals surface area (Å²) in [4.78, 5) is 28.9. The van der Waals surface area contributed by atoms with Crippen molar-refractivity contribution in [2.45, 2.75) is 24.8 Å². The van der Waals surface area contributed by atoms with Crippen LogP contribution in [0.25, 0.3) is 0 Å². The third kappa shape index (κ3) is 5.25. The summed E-state index contributed by atoms with van der Waals surface area (Å²) >= 11 is 1.35. The number of carbonyl (C=O) groups excluding carboxylic acids is 2. The number of thioether (sulfide) groups is 1. The Morgan fingerprint density at radius 3 is 2.42 bits per heavy atom. The molecule has 0 fully saturated rings. The van der Waals surface area contributed by atoms with Crippen molar-refractivity contribution in [3.63, 3.8) is 0 Å². The highest BCUT2D eigenvalue weighted by Gasteiger charge is 2.29. The van der Waals surface area contributed by atoms with Crippen LogP contribution in [0.4, 0.5) is 5.69 Å². The molecule has 5 heteroatoms. The number of rotatable bonds is 6. The molecule has 0 aliphatic carbocycles. The fraction of sp³-hybridized carbons (Fsp3) is 0.154. The molecule has 0 spiro atoms. The Morgan fingerprint density at radius 2 is 1.65 bits per heavy atom. The summed E-state index contributed by atoms with van der Waals surface area (Å²) in [5, 5.41) is 2.89. The molecule has 4 nitrogen and oxygen atoms in total. The molecular weight excluding hydrogens is 404 g/mol. The maximum atomic E-state index is 13.2. The average molecular weight is 429 g/mol. The van der Waals surface area contributed by atoms with E-state index in [1.54, 1.807) is 4.90 Å². The Bertz CT molecular complexity index is 1110. The molecule has 156 valence electrons. The molecule has 1 heterocycles. The third-order valence-corrected chi connectivity index (χ3v) is 6.19. The average Bonchev–Trinajstić information content (AvgIpc) is 2.78. The summed E-state index contributed by atoms with van der Waals surface area (Å²) in [6.07, 6.45) is 2.18. The molecule has 1 aliphatic heterocycles. The van der Waals surface area contributed by atoms with Crippen molar-refractivity contribution in [1.82, 2.24) is 5.32 Å². The Morgan fingerprint density at radius 1 is 0.935 bits per heavy atom. The van der Waals surface area contributed by atoms with Crippen molar-refractivity contribution in [3.05, 3.63) is 107 Å². The molecule has 0 radical (unpaired) electrons. The van der Waals surface area contributed by atoms with Gasteiger partial charge in [0.2, 0.25) is 5.91 Å². The molecule has 0 atom stereocenters. The molecule has 0 bridgehead atoms. The van der Waals surface area contributed by atoms with Gasteiger partial charge >= 0.3 is 0 Å². The van der Waals surface area contributed by atoms with Crippen LogP contribution >= 0.6 is 11.8 Å². The Hall–Kier alpha value is -3.31. The van der Waals surface area contributed by atoms with E-state index in [2.05, 4.69) is 5.32 Å². The Balaban J connectivity index is 1.49. The number of anilines is 1. The molecule has 1 N–H and O–H groups in total. The molecule has 2 amide bonds. The normalized spacial score (nSPS) is 14.4. The van der Waals surface area contributed by atoms with E-state index in [0.29, 0.717) is 18.0 Å². The van der Waals surface area contributed by atoms with Gasteiger partial charge in [-0.15, -0.1) is 0 Å². The van der Waals surface area contributed by atoms with Gasteiger partial charge in [-0.2, -0.15) is 0 Å². The number of nitrogens with one attached hydrogen (secondary N) is 1. The number of carbonyl (C=O) groups is 2. The summed E-state index contributed by atoms with van der Waals surface area (Å²) < 4.78 is 0. The second-order valence-corrected chi connectivity index (χ2v) is 8.57. The molecule has 4 rings (SSSR count). The number of hydrogen-bond donors (Lipinski definition) is 1. The van der Waals surface area contributed by atoms with Crippen molar-refractivity contribution < 1.29 is 9.59 Å². The lowest BCUT2D eigenvalue weighted by Gasteiger charge is -2.30. The number of para-hydroxylation sites is 1. The quantitative estimate of drug-likeness (QED) is 0.570. The van der Waals surface area contributed by atoms with Crippen molar-refractivity contribution in [3.8, 4) is 0 Å². The van der Waals surface area contributed by atoms with E-state index in [-0.39, 0.29) is 11.8 Å². The minimum absolute atomic E-state index is 0.150. The molecule has 31 heavy (non-hydrogen) atoms. The van der Waals surface area contributed by atoms with Crippen LogP contribution in [0.15, 0.2) is 94.7 Å². The van der Waals surface area contributed by atoms with E-state index in [1.165, 1.54) is 23.4 Å². The van der Waals surface area contributed by atoms with Crippen molar-refractivity contribution in [2.24, 2.45) is 0 Å². The highest BCUT2D eigenvalue weighted by Crippen LogP contribution is 2.41. The van der Waals surface area contributed by atoms with Crippen molar-refractivity contribution in [2.75, 3.05) is 11.4 Å². The molecule has 3 aromatic carbocycles. The summed E-state index contributed by atoms with van der Waals surface area (Å²) in [5.74, 6) is -0.399. The van der Waals surface area contributed by atoms with Gasteiger partial charge in [-0.25, -0.2) is 0 Å². The smallest absolute Gasteiger partial charge is 0.265 e. The second kappa shape index (κ2) is 9.67. The summed E-state index contributed by atoms with van der Waals surface area (Å²) in [6, 6.07) is 26.0. The lowest BCUT2D eigenvalue weighted by Crippen LogP contribution is -2.34. The van der Waals surface area contributed by atoms with Gasteiger partial charge in [0.15, 0.2) is 0 Å². The number of nitrogens with zero attached hydrogens (tertiary/aromatic N) is 1. The van der Waals surface area contributed by atoms with E-state index in [0.717, 1.165) is 28.1 Å². The fourth-order valence-electron chi connectivity index (χ4n) is 3.44. The van der Waals surface area contributed by atoms with Crippen LogP contribution in [0, 0.1) is 6.92 Å². The Labute approximate surface area is 187 Å². The van der Waals surface area contributed by atoms with E-state index in [9.17, 15) is 9.59 Å². The van der Waals surface area contributed by atoms with Crippen LogP contribution in [0.5, 0.6) is 0 Å². The van der Waals surface area contributed by atoms with E-state index in [4.69, 9.17) is 0 Å². The van der Waals surface area contributed by atoms with Crippen molar-refractivity contribution >= 4 is 29.3 Å².